The van der Waals surface area contributed by atoms with Crippen LogP contribution in [-0.4, -0.2) is 16.3 Å². The van der Waals surface area contributed by atoms with E-state index < -0.39 is 0 Å². The second kappa shape index (κ2) is 6.46. The summed E-state index contributed by atoms with van der Waals surface area (Å²) in [5.41, 5.74) is 3.21. The number of aromatic nitrogens is 2. The molecule has 0 amide bonds. The summed E-state index contributed by atoms with van der Waals surface area (Å²) in [4.78, 5) is 0. The summed E-state index contributed by atoms with van der Waals surface area (Å²) < 4.78 is 7.31. The number of likely N-dealkylation sites (N-methyl/N-ethyl adjacent to an activating group) is 1. The highest BCUT2D eigenvalue weighted by Gasteiger charge is 2.21. The Balaban J connectivity index is 2.29. The molecular weight excluding hydrogens is 274 g/mol. The molecule has 2 aromatic heterocycles. The van der Waals surface area contributed by atoms with Crippen LogP contribution in [0, 0.1) is 6.92 Å². The van der Waals surface area contributed by atoms with Gasteiger partial charge in [0, 0.05) is 25.1 Å². The molecule has 2 aromatic rings. The largest absolute Gasteiger partial charge is 0.469 e. The highest BCUT2D eigenvalue weighted by molar-refractivity contribution is 6.31. The van der Waals surface area contributed by atoms with Crippen LogP contribution in [0.25, 0.3) is 0 Å². The highest BCUT2D eigenvalue weighted by atomic mass is 35.5. The average molecular weight is 296 g/mol. The third kappa shape index (κ3) is 2.91. The summed E-state index contributed by atoms with van der Waals surface area (Å²) >= 11 is 6.44. The number of hydrogen-bond donors (Lipinski definition) is 1. The van der Waals surface area contributed by atoms with Crippen LogP contribution >= 0.6 is 11.6 Å². The molecule has 1 N–H and O–H groups in total. The zero-order chi connectivity index (χ0) is 14.7. The normalized spacial score (nSPS) is 12.8. The van der Waals surface area contributed by atoms with Crippen LogP contribution in [0.4, 0.5) is 0 Å². The Labute approximate surface area is 125 Å². The zero-order valence-electron chi connectivity index (χ0n) is 12.5. The molecule has 0 saturated heterocycles. The summed E-state index contributed by atoms with van der Waals surface area (Å²) in [6.07, 6.45) is 3.39. The Bertz CT molecular complexity index is 574. The van der Waals surface area contributed by atoms with E-state index in [1.54, 1.807) is 6.26 Å². The summed E-state index contributed by atoms with van der Waals surface area (Å²) in [6.45, 7) is 7.05. The number of hydrogen-bond acceptors (Lipinski definition) is 3. The third-order valence-electron chi connectivity index (χ3n) is 3.63. The van der Waals surface area contributed by atoms with E-state index >= 15 is 0 Å². The maximum atomic E-state index is 6.44. The zero-order valence-corrected chi connectivity index (χ0v) is 13.3. The predicted octanol–water partition coefficient (Wildman–Crippen LogP) is 3.43. The van der Waals surface area contributed by atoms with Gasteiger partial charge in [-0.25, -0.2) is 0 Å². The maximum absolute atomic E-state index is 6.44. The van der Waals surface area contributed by atoms with Crippen molar-refractivity contribution in [3.8, 4) is 0 Å². The average Bonchev–Trinajstić information content (AvgIpc) is 2.96. The molecule has 0 spiro atoms. The van der Waals surface area contributed by atoms with Crippen LogP contribution in [0.1, 0.15) is 42.6 Å². The molecule has 2 rings (SSSR count). The van der Waals surface area contributed by atoms with Gasteiger partial charge in [-0.3, -0.25) is 4.68 Å². The van der Waals surface area contributed by atoms with Gasteiger partial charge in [-0.1, -0.05) is 25.4 Å². The van der Waals surface area contributed by atoms with Gasteiger partial charge in [-0.05, 0) is 26.0 Å². The van der Waals surface area contributed by atoms with E-state index in [0.29, 0.717) is 0 Å². The fourth-order valence-corrected chi connectivity index (χ4v) is 2.90. The van der Waals surface area contributed by atoms with Crippen molar-refractivity contribution in [2.45, 2.75) is 39.7 Å². The van der Waals surface area contributed by atoms with E-state index in [0.717, 1.165) is 41.6 Å². The van der Waals surface area contributed by atoms with E-state index in [-0.39, 0.29) is 6.04 Å². The molecule has 20 heavy (non-hydrogen) atoms. The molecule has 1 atom stereocenters. The van der Waals surface area contributed by atoms with Crippen LogP contribution in [0.15, 0.2) is 16.7 Å². The van der Waals surface area contributed by atoms with Crippen molar-refractivity contribution in [3.63, 3.8) is 0 Å². The summed E-state index contributed by atoms with van der Waals surface area (Å²) in [5, 5.41) is 8.77. The van der Waals surface area contributed by atoms with E-state index in [1.165, 1.54) is 5.56 Å². The van der Waals surface area contributed by atoms with Gasteiger partial charge < -0.3 is 9.73 Å². The Hall–Kier alpha value is -1.26. The molecule has 110 valence electrons. The lowest BCUT2D eigenvalue weighted by Crippen LogP contribution is -2.24. The van der Waals surface area contributed by atoms with E-state index in [9.17, 15) is 0 Å². The van der Waals surface area contributed by atoms with Crippen LogP contribution in [0.3, 0.4) is 0 Å². The van der Waals surface area contributed by atoms with Gasteiger partial charge in [-0.15, -0.1) is 0 Å². The minimum atomic E-state index is 0.191. The van der Waals surface area contributed by atoms with E-state index in [1.807, 2.05) is 24.7 Å². The van der Waals surface area contributed by atoms with Gasteiger partial charge >= 0.3 is 0 Å². The molecule has 1 unspecified atom stereocenters. The van der Waals surface area contributed by atoms with Crippen molar-refractivity contribution in [2.24, 2.45) is 7.05 Å². The Kier molecular flexibility index (Phi) is 4.89. The summed E-state index contributed by atoms with van der Waals surface area (Å²) in [7, 11) is 1.95. The van der Waals surface area contributed by atoms with Gasteiger partial charge in [0.2, 0.25) is 0 Å². The Morgan fingerprint density at radius 1 is 1.45 bits per heavy atom. The van der Waals surface area contributed by atoms with Gasteiger partial charge in [0.25, 0.3) is 0 Å². The highest BCUT2D eigenvalue weighted by Crippen LogP contribution is 2.28. The topological polar surface area (TPSA) is 43.0 Å². The number of furan rings is 1. The Morgan fingerprint density at radius 3 is 2.70 bits per heavy atom. The fourth-order valence-electron chi connectivity index (χ4n) is 2.53. The van der Waals surface area contributed by atoms with Crippen LogP contribution in [0.5, 0.6) is 0 Å². The van der Waals surface area contributed by atoms with Crippen molar-refractivity contribution in [3.05, 3.63) is 40.1 Å². The minimum absolute atomic E-state index is 0.191. The first-order valence-electron chi connectivity index (χ1n) is 7.06. The van der Waals surface area contributed by atoms with Crippen LogP contribution in [0.2, 0.25) is 5.02 Å². The number of rotatable bonds is 6. The first-order chi connectivity index (χ1) is 9.58. The van der Waals surface area contributed by atoms with Crippen molar-refractivity contribution in [1.82, 2.24) is 15.1 Å². The third-order valence-corrected chi connectivity index (χ3v) is 4.06. The lowest BCUT2D eigenvalue weighted by Gasteiger charge is -2.17. The van der Waals surface area contributed by atoms with Gasteiger partial charge in [0.1, 0.15) is 5.76 Å². The number of halogens is 1. The first kappa shape index (κ1) is 15.1. The second-order valence-corrected chi connectivity index (χ2v) is 5.31. The molecule has 0 fully saturated rings. The minimum Gasteiger partial charge on any atom is -0.469 e. The van der Waals surface area contributed by atoms with Crippen LogP contribution < -0.4 is 5.32 Å². The maximum Gasteiger partial charge on any atom is 0.105 e. The molecule has 2 heterocycles. The molecular formula is C15H22ClN3O. The second-order valence-electron chi connectivity index (χ2n) is 4.93. The number of aryl methyl sites for hydroxylation is 3. The van der Waals surface area contributed by atoms with Crippen molar-refractivity contribution in [2.75, 3.05) is 6.54 Å². The SMILES string of the molecule is CCNC(Cc1c(Cl)c(CC)nn1C)c1ccoc1C. The lowest BCUT2D eigenvalue weighted by molar-refractivity contribution is 0.494. The molecule has 0 aromatic carbocycles. The quantitative estimate of drug-likeness (QED) is 0.888. The molecule has 4 nitrogen and oxygen atoms in total. The number of nitrogens with one attached hydrogen (secondary N) is 1. The molecule has 5 heteroatoms. The first-order valence-corrected chi connectivity index (χ1v) is 7.43. The summed E-state index contributed by atoms with van der Waals surface area (Å²) in [6, 6.07) is 2.21. The fraction of sp³-hybridized carbons (Fsp3) is 0.533. The standard InChI is InChI=1S/C15H22ClN3O/c1-5-12-15(16)14(19(4)18-12)9-13(17-6-2)11-7-8-20-10(11)3/h7-8,13,17H,5-6,9H2,1-4H3. The molecule has 0 bridgehead atoms. The molecule has 0 aliphatic carbocycles. The molecule has 0 aliphatic rings. The lowest BCUT2D eigenvalue weighted by atomic mass is 10.0. The predicted molar refractivity (Wildman–Crippen MR) is 81.2 cm³/mol. The summed E-state index contributed by atoms with van der Waals surface area (Å²) in [5.74, 6) is 0.949. The van der Waals surface area contributed by atoms with Crippen molar-refractivity contribution >= 4 is 11.6 Å². The molecule has 0 aliphatic heterocycles. The van der Waals surface area contributed by atoms with Gasteiger partial charge in [0.05, 0.1) is 22.7 Å². The van der Waals surface area contributed by atoms with Crippen molar-refractivity contribution < 1.29 is 4.42 Å². The number of nitrogens with zero attached hydrogens (tertiary/aromatic N) is 2. The smallest absolute Gasteiger partial charge is 0.105 e. The van der Waals surface area contributed by atoms with Crippen LogP contribution in [-0.2, 0) is 19.9 Å². The van der Waals surface area contributed by atoms with Gasteiger partial charge in [-0.2, -0.15) is 5.10 Å². The molecule has 0 radical (unpaired) electrons. The molecule has 0 saturated carbocycles. The van der Waals surface area contributed by atoms with E-state index in [2.05, 4.69) is 24.3 Å². The Morgan fingerprint density at radius 2 is 2.20 bits per heavy atom. The van der Waals surface area contributed by atoms with Gasteiger partial charge in [0.15, 0.2) is 0 Å². The van der Waals surface area contributed by atoms with E-state index in [4.69, 9.17) is 16.0 Å². The van der Waals surface area contributed by atoms with Crippen molar-refractivity contribution in [1.29, 1.82) is 0 Å². The monoisotopic (exact) mass is 295 g/mol.